The largest absolute Gasteiger partial charge is 0.417 e. The molecular formula is C26H23F6N3O. The first-order chi connectivity index (χ1) is 16.9. The van der Waals surface area contributed by atoms with Crippen molar-refractivity contribution in [3.8, 4) is 22.9 Å². The van der Waals surface area contributed by atoms with Crippen LogP contribution in [0.25, 0.3) is 16.8 Å². The van der Waals surface area contributed by atoms with Crippen LogP contribution in [0, 0.1) is 18.3 Å². The Bertz CT molecular complexity index is 1320. The Balaban J connectivity index is 2.32. The van der Waals surface area contributed by atoms with Crippen LogP contribution < -0.4 is 10.9 Å². The number of rotatable bonds is 7. The summed E-state index contributed by atoms with van der Waals surface area (Å²) in [6, 6.07) is 12.6. The molecule has 1 N–H and O–H groups in total. The number of hydrogen-bond acceptors (Lipinski definition) is 3. The van der Waals surface area contributed by atoms with Gasteiger partial charge >= 0.3 is 12.4 Å². The molecule has 3 aromatic rings. The molecular weight excluding hydrogens is 484 g/mol. The number of anilines is 1. The van der Waals surface area contributed by atoms with Crippen LogP contribution in [-0.2, 0) is 6.42 Å². The molecule has 190 valence electrons. The van der Waals surface area contributed by atoms with Crippen molar-refractivity contribution in [2.45, 2.75) is 51.5 Å². The molecule has 36 heavy (non-hydrogen) atoms. The van der Waals surface area contributed by atoms with Crippen LogP contribution in [0.1, 0.15) is 36.6 Å². The van der Waals surface area contributed by atoms with E-state index < -0.39 is 29.6 Å². The normalized spacial score (nSPS) is 12.0. The average molecular weight is 507 g/mol. The van der Waals surface area contributed by atoms with Gasteiger partial charge in [-0.25, -0.2) is 0 Å². The third kappa shape index (κ3) is 5.56. The highest BCUT2D eigenvalue weighted by Crippen LogP contribution is 2.36. The minimum absolute atomic E-state index is 0.0317. The molecule has 0 unspecified atom stereocenters. The lowest BCUT2D eigenvalue weighted by atomic mass is 9.98. The van der Waals surface area contributed by atoms with Gasteiger partial charge in [0.1, 0.15) is 5.69 Å². The molecule has 0 fully saturated rings. The zero-order valence-electron chi connectivity index (χ0n) is 19.5. The number of aryl methyl sites for hydroxylation is 2. The number of benzene rings is 2. The highest BCUT2D eigenvalue weighted by molar-refractivity contribution is 5.78. The molecule has 4 nitrogen and oxygen atoms in total. The number of halogens is 6. The lowest BCUT2D eigenvalue weighted by Gasteiger charge is -2.26. The number of nitrogens with zero attached hydrogens (tertiary/aromatic N) is 2. The summed E-state index contributed by atoms with van der Waals surface area (Å²) < 4.78 is 80.8. The third-order valence-corrected chi connectivity index (χ3v) is 5.69. The lowest BCUT2D eigenvalue weighted by Crippen LogP contribution is -2.49. The lowest BCUT2D eigenvalue weighted by molar-refractivity contribution is -0.242. The van der Waals surface area contributed by atoms with Crippen molar-refractivity contribution in [3.63, 3.8) is 0 Å². The molecule has 0 saturated carbocycles. The molecule has 3 rings (SSSR count). The molecule has 1 aromatic heterocycles. The molecule has 0 spiro atoms. The van der Waals surface area contributed by atoms with Crippen molar-refractivity contribution in [3.05, 3.63) is 81.8 Å². The van der Waals surface area contributed by atoms with Gasteiger partial charge in [0.2, 0.25) is 6.04 Å². The molecule has 2 aromatic carbocycles. The SMILES string of the molecule is CCCCc1cc(C)c(NC(C(F)(F)F)C(F)(F)F)c(=O)n1-c1ccccc1-c1ccccc1C#N. The maximum absolute atomic E-state index is 13.6. The van der Waals surface area contributed by atoms with E-state index in [0.717, 1.165) is 11.0 Å². The molecule has 1 heterocycles. The van der Waals surface area contributed by atoms with Gasteiger partial charge in [-0.15, -0.1) is 0 Å². The molecule has 0 aliphatic heterocycles. The number of hydrogen-bond donors (Lipinski definition) is 1. The van der Waals surface area contributed by atoms with E-state index in [1.54, 1.807) is 48.5 Å². The fourth-order valence-electron chi connectivity index (χ4n) is 3.98. The summed E-state index contributed by atoms with van der Waals surface area (Å²) in [5.74, 6) is 0. The van der Waals surface area contributed by atoms with Gasteiger partial charge in [0, 0.05) is 16.8 Å². The van der Waals surface area contributed by atoms with E-state index in [1.165, 1.54) is 18.3 Å². The fourth-order valence-corrected chi connectivity index (χ4v) is 3.98. The summed E-state index contributed by atoms with van der Waals surface area (Å²) in [6.07, 6.45) is -9.60. The number of aromatic nitrogens is 1. The van der Waals surface area contributed by atoms with Gasteiger partial charge in [-0.05, 0) is 43.5 Å². The highest BCUT2D eigenvalue weighted by Gasteiger charge is 2.57. The van der Waals surface area contributed by atoms with E-state index >= 15 is 0 Å². The van der Waals surface area contributed by atoms with E-state index in [9.17, 15) is 36.4 Å². The maximum atomic E-state index is 13.6. The maximum Gasteiger partial charge on any atom is 0.417 e. The van der Waals surface area contributed by atoms with Gasteiger partial charge < -0.3 is 5.32 Å². The Kier molecular flexibility index (Phi) is 7.82. The summed E-state index contributed by atoms with van der Waals surface area (Å²) in [7, 11) is 0. The van der Waals surface area contributed by atoms with Crippen molar-refractivity contribution >= 4 is 5.69 Å². The molecule has 0 amide bonds. The monoisotopic (exact) mass is 507 g/mol. The number of unbranched alkanes of at least 4 members (excludes halogenated alkanes) is 1. The van der Waals surface area contributed by atoms with Crippen molar-refractivity contribution < 1.29 is 26.3 Å². The number of nitrogens with one attached hydrogen (secondary N) is 1. The van der Waals surface area contributed by atoms with Gasteiger partial charge in [-0.3, -0.25) is 9.36 Å². The van der Waals surface area contributed by atoms with Crippen LogP contribution in [0.15, 0.2) is 59.4 Å². The van der Waals surface area contributed by atoms with Crippen LogP contribution in [0.2, 0.25) is 0 Å². The minimum Gasteiger partial charge on any atom is -0.362 e. The predicted octanol–water partition coefficient (Wildman–Crippen LogP) is 6.93. The van der Waals surface area contributed by atoms with Crippen molar-refractivity contribution in [1.82, 2.24) is 4.57 Å². The van der Waals surface area contributed by atoms with Crippen LogP contribution >= 0.6 is 0 Å². The fraction of sp³-hybridized carbons (Fsp3) is 0.308. The van der Waals surface area contributed by atoms with E-state index in [-0.39, 0.29) is 11.3 Å². The van der Waals surface area contributed by atoms with Crippen molar-refractivity contribution in [2.75, 3.05) is 5.32 Å². The minimum atomic E-state index is -5.67. The smallest absolute Gasteiger partial charge is 0.362 e. The standard InChI is InChI=1S/C26H23F6N3O/c1-3-4-10-18-14-16(2)22(34-24(25(27,28)29)26(30,31)32)23(36)35(18)21-13-8-7-12-20(21)19-11-6-5-9-17(19)15-33/h5-9,11-14,24,34H,3-4,10H2,1-2H3. The molecule has 10 heteroatoms. The second-order valence-electron chi connectivity index (χ2n) is 8.27. The van der Waals surface area contributed by atoms with Crippen molar-refractivity contribution in [1.29, 1.82) is 5.26 Å². The third-order valence-electron chi connectivity index (χ3n) is 5.69. The average Bonchev–Trinajstić information content (AvgIpc) is 2.81. The summed E-state index contributed by atoms with van der Waals surface area (Å²) in [5.41, 5.74) is 0.0237. The Morgan fingerprint density at radius 1 is 0.972 bits per heavy atom. The quantitative estimate of drug-likeness (QED) is 0.353. The first kappa shape index (κ1) is 26.9. The van der Waals surface area contributed by atoms with Gasteiger partial charge in [-0.1, -0.05) is 49.7 Å². The first-order valence-corrected chi connectivity index (χ1v) is 11.1. The number of alkyl halides is 6. The zero-order valence-corrected chi connectivity index (χ0v) is 19.5. The van der Waals surface area contributed by atoms with Crippen LogP contribution in [0.3, 0.4) is 0 Å². The predicted molar refractivity (Wildman–Crippen MR) is 125 cm³/mol. The van der Waals surface area contributed by atoms with Crippen LogP contribution in [0.4, 0.5) is 32.0 Å². The second-order valence-corrected chi connectivity index (χ2v) is 8.27. The Labute approximate surface area is 203 Å². The molecule has 0 bridgehead atoms. The van der Waals surface area contributed by atoms with Gasteiger partial charge in [0.15, 0.2) is 0 Å². The molecule has 0 aliphatic carbocycles. The van der Waals surface area contributed by atoms with E-state index in [0.29, 0.717) is 35.2 Å². The Morgan fingerprint density at radius 2 is 1.56 bits per heavy atom. The summed E-state index contributed by atoms with van der Waals surface area (Å²) >= 11 is 0. The summed E-state index contributed by atoms with van der Waals surface area (Å²) in [5, 5.41) is 11.0. The first-order valence-electron chi connectivity index (χ1n) is 11.1. The molecule has 0 saturated heterocycles. The Hall–Kier alpha value is -3.74. The zero-order chi connectivity index (χ0) is 26.7. The number of pyridine rings is 1. The molecule has 0 aliphatic rings. The van der Waals surface area contributed by atoms with Crippen LogP contribution in [0.5, 0.6) is 0 Å². The van der Waals surface area contributed by atoms with E-state index in [2.05, 4.69) is 6.07 Å². The van der Waals surface area contributed by atoms with Gasteiger partial charge in [0.25, 0.3) is 5.56 Å². The van der Waals surface area contributed by atoms with E-state index in [1.807, 2.05) is 6.92 Å². The molecule has 0 atom stereocenters. The summed E-state index contributed by atoms with van der Waals surface area (Å²) in [4.78, 5) is 13.6. The number of para-hydroxylation sites is 1. The van der Waals surface area contributed by atoms with Gasteiger partial charge in [-0.2, -0.15) is 31.6 Å². The highest BCUT2D eigenvalue weighted by atomic mass is 19.4. The topological polar surface area (TPSA) is 57.8 Å². The number of nitriles is 1. The van der Waals surface area contributed by atoms with E-state index in [4.69, 9.17) is 0 Å². The molecule has 0 radical (unpaired) electrons. The van der Waals surface area contributed by atoms with Crippen LogP contribution in [-0.4, -0.2) is 23.0 Å². The summed E-state index contributed by atoms with van der Waals surface area (Å²) in [6.45, 7) is 3.21. The second kappa shape index (κ2) is 10.5. The van der Waals surface area contributed by atoms with Crippen molar-refractivity contribution in [2.24, 2.45) is 0 Å². The Morgan fingerprint density at radius 3 is 2.14 bits per heavy atom. The van der Waals surface area contributed by atoms with Gasteiger partial charge in [0.05, 0.1) is 17.3 Å².